The molecule has 1 heterocycles. The SMILES string of the molecule is CCN(c1ccccc1OC)S(=O)(=O)c1csc(C(=O)O)c1. The van der Waals surface area contributed by atoms with Gasteiger partial charge in [-0.3, -0.25) is 4.31 Å². The van der Waals surface area contributed by atoms with Crippen LogP contribution in [-0.4, -0.2) is 33.1 Å². The second-order valence-corrected chi connectivity index (χ2v) is 7.07. The van der Waals surface area contributed by atoms with Gasteiger partial charge in [0.2, 0.25) is 0 Å². The number of methoxy groups -OCH3 is 1. The first-order valence-electron chi connectivity index (χ1n) is 6.39. The van der Waals surface area contributed by atoms with Gasteiger partial charge in [-0.15, -0.1) is 11.3 Å². The number of sulfonamides is 1. The van der Waals surface area contributed by atoms with Gasteiger partial charge in [-0.1, -0.05) is 12.1 Å². The molecule has 0 fully saturated rings. The predicted molar refractivity (Wildman–Crippen MR) is 84.5 cm³/mol. The quantitative estimate of drug-likeness (QED) is 0.873. The Morgan fingerprint density at radius 2 is 2.05 bits per heavy atom. The van der Waals surface area contributed by atoms with E-state index in [1.807, 2.05) is 0 Å². The van der Waals surface area contributed by atoms with E-state index >= 15 is 0 Å². The molecule has 0 saturated carbocycles. The van der Waals surface area contributed by atoms with Gasteiger partial charge in [-0.05, 0) is 25.1 Å². The van der Waals surface area contributed by atoms with Gasteiger partial charge in [0.15, 0.2) is 0 Å². The number of nitrogens with zero attached hydrogens (tertiary/aromatic N) is 1. The van der Waals surface area contributed by atoms with Crippen molar-refractivity contribution >= 4 is 33.0 Å². The highest BCUT2D eigenvalue weighted by Crippen LogP contribution is 2.33. The molecule has 6 nitrogen and oxygen atoms in total. The third kappa shape index (κ3) is 2.93. The minimum atomic E-state index is -3.85. The molecule has 0 aliphatic rings. The summed E-state index contributed by atoms with van der Waals surface area (Å²) in [7, 11) is -2.38. The largest absolute Gasteiger partial charge is 0.495 e. The lowest BCUT2D eigenvalue weighted by Crippen LogP contribution is -2.30. The molecule has 0 bridgehead atoms. The molecular formula is C14H15NO5S2. The van der Waals surface area contributed by atoms with Crippen LogP contribution in [0, 0.1) is 0 Å². The maximum Gasteiger partial charge on any atom is 0.345 e. The van der Waals surface area contributed by atoms with Crippen molar-refractivity contribution in [1.29, 1.82) is 0 Å². The van der Waals surface area contributed by atoms with E-state index in [0.29, 0.717) is 11.4 Å². The second-order valence-electron chi connectivity index (χ2n) is 4.29. The Morgan fingerprint density at radius 1 is 1.36 bits per heavy atom. The van der Waals surface area contributed by atoms with Gasteiger partial charge in [-0.25, -0.2) is 13.2 Å². The first-order valence-corrected chi connectivity index (χ1v) is 8.71. The van der Waals surface area contributed by atoms with Gasteiger partial charge in [0.05, 0.1) is 17.7 Å². The summed E-state index contributed by atoms with van der Waals surface area (Å²) in [5.41, 5.74) is 0.413. The van der Waals surface area contributed by atoms with Gasteiger partial charge in [0, 0.05) is 11.9 Å². The summed E-state index contributed by atoms with van der Waals surface area (Å²) >= 11 is 0.881. The fraction of sp³-hybridized carbons (Fsp3) is 0.214. The van der Waals surface area contributed by atoms with Crippen LogP contribution in [-0.2, 0) is 10.0 Å². The van der Waals surface area contributed by atoms with E-state index in [4.69, 9.17) is 9.84 Å². The van der Waals surface area contributed by atoms with Crippen LogP contribution >= 0.6 is 11.3 Å². The van der Waals surface area contributed by atoms with Gasteiger partial charge < -0.3 is 9.84 Å². The summed E-state index contributed by atoms with van der Waals surface area (Å²) in [6.07, 6.45) is 0. The molecule has 8 heteroatoms. The van der Waals surface area contributed by atoms with Crippen LogP contribution in [0.25, 0.3) is 0 Å². The van der Waals surface area contributed by atoms with E-state index in [2.05, 4.69) is 0 Å². The Kier molecular flexibility index (Phi) is 4.72. The first-order chi connectivity index (χ1) is 10.4. The zero-order valence-electron chi connectivity index (χ0n) is 12.0. The Morgan fingerprint density at radius 3 is 2.59 bits per heavy atom. The molecule has 0 atom stereocenters. The number of benzene rings is 1. The van der Waals surface area contributed by atoms with E-state index in [9.17, 15) is 13.2 Å². The minimum Gasteiger partial charge on any atom is -0.495 e. The lowest BCUT2D eigenvalue weighted by atomic mass is 10.3. The highest BCUT2D eigenvalue weighted by Gasteiger charge is 2.27. The number of carboxylic acids is 1. The fourth-order valence-corrected chi connectivity index (χ4v) is 4.58. The molecule has 0 unspecified atom stereocenters. The molecule has 1 N–H and O–H groups in total. The zero-order chi connectivity index (χ0) is 16.3. The van der Waals surface area contributed by atoms with Crippen molar-refractivity contribution < 1.29 is 23.1 Å². The molecule has 0 aliphatic carbocycles. The summed E-state index contributed by atoms with van der Waals surface area (Å²) in [5.74, 6) is -0.714. The van der Waals surface area contributed by atoms with Crippen LogP contribution in [0.1, 0.15) is 16.6 Å². The van der Waals surface area contributed by atoms with E-state index in [-0.39, 0.29) is 16.3 Å². The number of aromatic carboxylic acids is 1. The first kappa shape index (κ1) is 16.3. The number of ether oxygens (including phenoxy) is 1. The molecule has 22 heavy (non-hydrogen) atoms. The summed E-state index contributed by atoms with van der Waals surface area (Å²) in [5, 5.41) is 10.3. The van der Waals surface area contributed by atoms with Crippen LogP contribution in [0.2, 0.25) is 0 Å². The van der Waals surface area contributed by atoms with Gasteiger partial charge in [0.1, 0.15) is 10.6 Å². The molecule has 2 aromatic rings. The topological polar surface area (TPSA) is 83.9 Å². The second kappa shape index (κ2) is 6.37. The normalized spacial score (nSPS) is 11.2. The van der Waals surface area contributed by atoms with E-state index < -0.39 is 16.0 Å². The zero-order valence-corrected chi connectivity index (χ0v) is 13.6. The molecule has 0 spiro atoms. The van der Waals surface area contributed by atoms with Crippen molar-refractivity contribution in [3.05, 3.63) is 40.6 Å². The standard InChI is InChI=1S/C14H15NO5S2/c1-3-15(11-6-4-5-7-12(11)20-2)22(18,19)10-8-13(14(16)17)21-9-10/h4-9H,3H2,1-2H3,(H,16,17). The van der Waals surface area contributed by atoms with Crippen LogP contribution in [0.5, 0.6) is 5.75 Å². The fourth-order valence-electron chi connectivity index (χ4n) is 2.00. The van der Waals surface area contributed by atoms with Crippen molar-refractivity contribution in [2.45, 2.75) is 11.8 Å². The molecule has 1 aromatic heterocycles. The lowest BCUT2D eigenvalue weighted by molar-refractivity contribution is 0.0702. The number of thiophene rings is 1. The van der Waals surface area contributed by atoms with Crippen molar-refractivity contribution in [3.63, 3.8) is 0 Å². The van der Waals surface area contributed by atoms with E-state index in [1.165, 1.54) is 22.9 Å². The monoisotopic (exact) mass is 341 g/mol. The maximum absolute atomic E-state index is 12.8. The summed E-state index contributed by atoms with van der Waals surface area (Å²) in [6, 6.07) is 7.94. The van der Waals surface area contributed by atoms with Crippen LogP contribution in [0.3, 0.4) is 0 Å². The number of rotatable bonds is 6. The highest BCUT2D eigenvalue weighted by molar-refractivity contribution is 7.93. The number of carboxylic acid groups (broad SMARTS) is 1. The molecule has 0 radical (unpaired) electrons. The van der Waals surface area contributed by atoms with Crippen molar-refractivity contribution in [2.24, 2.45) is 0 Å². The third-order valence-electron chi connectivity index (χ3n) is 3.02. The Hall–Kier alpha value is -2.06. The van der Waals surface area contributed by atoms with Crippen LogP contribution in [0.15, 0.2) is 40.6 Å². The molecule has 0 aliphatic heterocycles. The van der Waals surface area contributed by atoms with Crippen molar-refractivity contribution in [3.8, 4) is 5.75 Å². The third-order valence-corrected chi connectivity index (χ3v) is 5.95. The van der Waals surface area contributed by atoms with Gasteiger partial charge >= 0.3 is 5.97 Å². The minimum absolute atomic E-state index is 0.0188. The molecule has 1 aromatic carbocycles. The van der Waals surface area contributed by atoms with E-state index in [0.717, 1.165) is 11.3 Å². The molecule has 0 amide bonds. The summed E-state index contributed by atoms with van der Waals surface area (Å²) in [6.45, 7) is 1.90. The highest BCUT2D eigenvalue weighted by atomic mass is 32.2. The molecule has 2 rings (SSSR count). The van der Waals surface area contributed by atoms with E-state index in [1.54, 1.807) is 31.2 Å². The Balaban J connectivity index is 2.51. The average Bonchev–Trinajstić information content (AvgIpc) is 2.99. The average molecular weight is 341 g/mol. The summed E-state index contributed by atoms with van der Waals surface area (Å²) < 4.78 is 31.9. The van der Waals surface area contributed by atoms with Gasteiger partial charge in [-0.2, -0.15) is 0 Å². The number of hydrogen-bond acceptors (Lipinski definition) is 5. The summed E-state index contributed by atoms with van der Waals surface area (Å²) in [4.78, 5) is 10.9. The van der Waals surface area contributed by atoms with Crippen molar-refractivity contribution in [2.75, 3.05) is 18.0 Å². The molecule has 0 saturated heterocycles. The number of hydrogen-bond donors (Lipinski definition) is 1. The van der Waals surface area contributed by atoms with Gasteiger partial charge in [0.25, 0.3) is 10.0 Å². The Labute approximate surface area is 132 Å². The predicted octanol–water partition coefficient (Wildman–Crippen LogP) is 2.67. The smallest absolute Gasteiger partial charge is 0.345 e. The van der Waals surface area contributed by atoms with Crippen LogP contribution in [0.4, 0.5) is 5.69 Å². The lowest BCUT2D eigenvalue weighted by Gasteiger charge is -2.24. The Bertz CT molecular complexity index is 782. The number of anilines is 1. The number of carbonyl (C=O) groups is 1. The maximum atomic E-state index is 12.8. The number of para-hydroxylation sites is 2. The van der Waals surface area contributed by atoms with Crippen LogP contribution < -0.4 is 9.04 Å². The molecule has 118 valence electrons. The molecular weight excluding hydrogens is 326 g/mol. The van der Waals surface area contributed by atoms with Crippen molar-refractivity contribution in [1.82, 2.24) is 0 Å².